The summed E-state index contributed by atoms with van der Waals surface area (Å²) in [7, 11) is 2.17. The molecule has 0 atom stereocenters. The summed E-state index contributed by atoms with van der Waals surface area (Å²) in [5.41, 5.74) is 0. The minimum Gasteiger partial charge on any atom is -0.351 e. The van der Waals surface area contributed by atoms with Crippen LogP contribution in [-0.4, -0.2) is 52.6 Å². The number of nitrogens with zero attached hydrogens (tertiary/aromatic N) is 4. The molecule has 0 aromatic carbocycles. The molecule has 1 aromatic heterocycles. The van der Waals surface area contributed by atoms with E-state index in [2.05, 4.69) is 32.5 Å². The van der Waals surface area contributed by atoms with Crippen molar-refractivity contribution in [1.29, 1.82) is 0 Å². The van der Waals surface area contributed by atoms with E-state index in [1.54, 1.807) is 11.8 Å². The Kier molecular flexibility index (Phi) is 3.82. The van der Waals surface area contributed by atoms with Crippen LogP contribution in [0, 0.1) is 0 Å². The quantitative estimate of drug-likeness (QED) is 0.751. The first-order chi connectivity index (χ1) is 7.31. The second-order valence-corrected chi connectivity index (χ2v) is 5.40. The smallest absolute Gasteiger partial charge is 0.176 e. The molecule has 0 bridgehead atoms. The highest BCUT2D eigenvalue weighted by Crippen LogP contribution is 2.28. The molecule has 1 fully saturated rings. The van der Waals surface area contributed by atoms with E-state index in [1.807, 2.05) is 0 Å². The zero-order valence-corrected chi connectivity index (χ0v) is 10.8. The van der Waals surface area contributed by atoms with E-state index in [0.717, 1.165) is 42.8 Å². The molecule has 0 radical (unpaired) electrons. The molecule has 0 spiro atoms. The predicted molar refractivity (Wildman–Crippen MR) is 66.0 cm³/mol. The monoisotopic (exact) mass is 244 g/mol. The topological polar surface area (TPSA) is 32.3 Å². The molecular formula is C9H16N4S2. The van der Waals surface area contributed by atoms with Crippen molar-refractivity contribution in [2.75, 3.05) is 43.9 Å². The van der Waals surface area contributed by atoms with Crippen LogP contribution < -0.4 is 4.90 Å². The Bertz CT molecular complexity index is 307. The second kappa shape index (κ2) is 5.14. The minimum atomic E-state index is 1.06. The fraction of sp³-hybridized carbons (Fsp3) is 0.778. The Morgan fingerprint density at radius 3 is 2.67 bits per heavy atom. The van der Waals surface area contributed by atoms with E-state index in [9.17, 15) is 0 Å². The highest BCUT2D eigenvalue weighted by atomic mass is 32.2. The summed E-state index contributed by atoms with van der Waals surface area (Å²) in [5.74, 6) is 2.16. The maximum atomic E-state index is 4.40. The van der Waals surface area contributed by atoms with Crippen molar-refractivity contribution in [1.82, 2.24) is 13.6 Å². The third kappa shape index (κ3) is 2.62. The number of aromatic nitrogens is 2. The first kappa shape index (κ1) is 11.2. The van der Waals surface area contributed by atoms with Gasteiger partial charge in [0.25, 0.3) is 0 Å². The van der Waals surface area contributed by atoms with Crippen LogP contribution in [0.2, 0.25) is 0 Å². The van der Waals surface area contributed by atoms with Gasteiger partial charge in [-0.3, -0.25) is 0 Å². The normalized spacial score (nSPS) is 18.4. The largest absolute Gasteiger partial charge is 0.351 e. The minimum absolute atomic E-state index is 1.06. The third-order valence-electron chi connectivity index (χ3n) is 2.53. The highest BCUT2D eigenvalue weighted by Gasteiger charge is 2.19. The summed E-state index contributed by atoms with van der Waals surface area (Å²) in [6.45, 7) is 6.53. The molecule has 1 aliphatic rings. The Balaban J connectivity index is 2.05. The van der Waals surface area contributed by atoms with E-state index in [0.29, 0.717) is 0 Å². The lowest BCUT2D eigenvalue weighted by atomic mass is 10.3. The van der Waals surface area contributed by atoms with E-state index < -0.39 is 0 Å². The van der Waals surface area contributed by atoms with Crippen LogP contribution >= 0.6 is 23.5 Å². The first-order valence-electron chi connectivity index (χ1n) is 5.20. The van der Waals surface area contributed by atoms with Gasteiger partial charge in [-0.05, 0) is 12.8 Å². The molecule has 0 amide bonds. The number of thioether (sulfide) groups is 1. The van der Waals surface area contributed by atoms with Crippen molar-refractivity contribution >= 4 is 29.3 Å². The fourth-order valence-electron chi connectivity index (χ4n) is 1.61. The third-order valence-corrected chi connectivity index (χ3v) is 4.00. The average molecular weight is 244 g/mol. The Morgan fingerprint density at radius 2 is 2.00 bits per heavy atom. The van der Waals surface area contributed by atoms with Crippen molar-refractivity contribution in [2.45, 2.75) is 11.9 Å². The predicted octanol–water partition coefficient (Wildman–Crippen LogP) is 1.40. The van der Waals surface area contributed by atoms with Gasteiger partial charge in [0, 0.05) is 26.2 Å². The lowest BCUT2D eigenvalue weighted by Gasteiger charge is -2.32. The number of hydrogen-bond donors (Lipinski definition) is 0. The van der Waals surface area contributed by atoms with Crippen LogP contribution in [0.3, 0.4) is 0 Å². The standard InChI is InChI=1S/C9H16N4S2/c1-3-14-9-8(10-15-11-9)13-6-4-12(2)5-7-13/h3-7H2,1-2H3. The Morgan fingerprint density at radius 1 is 1.27 bits per heavy atom. The number of rotatable bonds is 3. The zero-order valence-electron chi connectivity index (χ0n) is 9.14. The van der Waals surface area contributed by atoms with E-state index in [4.69, 9.17) is 0 Å². The number of piperazine rings is 1. The van der Waals surface area contributed by atoms with Crippen LogP contribution in [0.5, 0.6) is 0 Å². The van der Waals surface area contributed by atoms with Crippen LogP contribution in [0.4, 0.5) is 5.82 Å². The number of likely N-dealkylation sites (N-methyl/N-ethyl adjacent to an activating group) is 1. The Labute approximate surface area is 99.0 Å². The van der Waals surface area contributed by atoms with Gasteiger partial charge >= 0.3 is 0 Å². The van der Waals surface area contributed by atoms with Gasteiger partial charge in [-0.15, -0.1) is 11.8 Å². The van der Waals surface area contributed by atoms with Crippen molar-refractivity contribution in [3.63, 3.8) is 0 Å². The van der Waals surface area contributed by atoms with Gasteiger partial charge in [0.2, 0.25) is 0 Å². The molecule has 1 saturated heterocycles. The molecule has 2 heterocycles. The van der Waals surface area contributed by atoms with Gasteiger partial charge in [-0.25, -0.2) is 0 Å². The Hall–Kier alpha value is -0.330. The molecule has 0 aliphatic carbocycles. The van der Waals surface area contributed by atoms with E-state index >= 15 is 0 Å². The summed E-state index contributed by atoms with van der Waals surface area (Å²) in [6.07, 6.45) is 0. The van der Waals surface area contributed by atoms with Crippen LogP contribution in [-0.2, 0) is 0 Å². The zero-order chi connectivity index (χ0) is 10.7. The average Bonchev–Trinajstić information content (AvgIpc) is 2.68. The van der Waals surface area contributed by atoms with Crippen LogP contribution in [0.1, 0.15) is 6.92 Å². The SMILES string of the molecule is CCSc1nsnc1N1CCN(C)CC1. The molecule has 0 unspecified atom stereocenters. The van der Waals surface area contributed by atoms with Crippen molar-refractivity contribution in [3.8, 4) is 0 Å². The molecule has 2 rings (SSSR count). The molecule has 1 aliphatic heterocycles. The summed E-state index contributed by atoms with van der Waals surface area (Å²) in [4.78, 5) is 4.70. The molecule has 15 heavy (non-hydrogen) atoms. The van der Waals surface area contributed by atoms with E-state index in [-0.39, 0.29) is 0 Å². The van der Waals surface area contributed by atoms with Crippen molar-refractivity contribution < 1.29 is 0 Å². The molecule has 6 heteroatoms. The van der Waals surface area contributed by atoms with Crippen molar-refractivity contribution in [2.24, 2.45) is 0 Å². The van der Waals surface area contributed by atoms with Gasteiger partial charge in [-0.1, -0.05) is 6.92 Å². The van der Waals surface area contributed by atoms with Crippen molar-refractivity contribution in [3.05, 3.63) is 0 Å². The molecule has 1 aromatic rings. The maximum absolute atomic E-state index is 4.40. The summed E-state index contributed by atoms with van der Waals surface area (Å²) in [5, 5.41) is 1.10. The molecule has 0 N–H and O–H groups in total. The molecule has 84 valence electrons. The highest BCUT2D eigenvalue weighted by molar-refractivity contribution is 7.99. The van der Waals surface area contributed by atoms with E-state index in [1.165, 1.54) is 11.7 Å². The van der Waals surface area contributed by atoms with Gasteiger partial charge in [0.15, 0.2) is 10.8 Å². The van der Waals surface area contributed by atoms with Gasteiger partial charge in [0.05, 0.1) is 11.7 Å². The lowest BCUT2D eigenvalue weighted by Crippen LogP contribution is -2.44. The fourth-order valence-corrected chi connectivity index (χ4v) is 3.04. The molecule has 0 saturated carbocycles. The summed E-state index contributed by atoms with van der Waals surface area (Å²) < 4.78 is 8.74. The van der Waals surface area contributed by atoms with Crippen LogP contribution in [0.15, 0.2) is 5.03 Å². The van der Waals surface area contributed by atoms with Gasteiger partial charge in [-0.2, -0.15) is 8.75 Å². The number of hydrogen-bond acceptors (Lipinski definition) is 6. The first-order valence-corrected chi connectivity index (χ1v) is 6.91. The number of anilines is 1. The van der Waals surface area contributed by atoms with Crippen LogP contribution in [0.25, 0.3) is 0 Å². The molecular weight excluding hydrogens is 228 g/mol. The second-order valence-electron chi connectivity index (χ2n) is 3.62. The maximum Gasteiger partial charge on any atom is 0.176 e. The summed E-state index contributed by atoms with van der Waals surface area (Å²) >= 11 is 3.11. The van der Waals surface area contributed by atoms with Gasteiger partial charge in [0.1, 0.15) is 0 Å². The summed E-state index contributed by atoms with van der Waals surface area (Å²) in [6, 6.07) is 0. The van der Waals surface area contributed by atoms with Gasteiger partial charge < -0.3 is 9.80 Å². The molecule has 4 nitrogen and oxygen atoms in total. The lowest BCUT2D eigenvalue weighted by molar-refractivity contribution is 0.311.